The third kappa shape index (κ3) is 9.68. The minimum Gasteiger partial charge on any atom is -0.480 e. The van der Waals surface area contributed by atoms with E-state index in [0.717, 1.165) is 5.56 Å². The molecule has 1 atom stereocenters. The predicted octanol–water partition coefficient (Wildman–Crippen LogP) is 2.34. The monoisotopic (exact) mass is 357 g/mol. The second-order valence-corrected chi connectivity index (χ2v) is 5.12. The number of carbonyl (C=O) groups excluding carboxylic acids is 1. The molecule has 1 amide bonds. The number of carbonyl (C=O) groups is 2. The molecule has 0 aromatic heterocycles. The smallest absolute Gasteiger partial charge is 0.408 e. The van der Waals surface area contributed by atoms with Crippen LogP contribution in [0.15, 0.2) is 35.3 Å². The Morgan fingerprint density at radius 3 is 2.54 bits per heavy atom. The molecule has 0 aliphatic carbocycles. The average Bonchev–Trinajstić information content (AvgIpc) is 2.52. The van der Waals surface area contributed by atoms with E-state index in [2.05, 4.69) is 10.3 Å². The first kappa shape index (κ1) is 21.7. The van der Waals surface area contributed by atoms with Gasteiger partial charge in [0.2, 0.25) is 0 Å². The molecule has 0 saturated heterocycles. The number of alkyl carbamates (subject to hydrolysis) is 1. The number of hydrogen-bond donors (Lipinski definition) is 3. The van der Waals surface area contributed by atoms with E-state index in [-0.39, 0.29) is 19.0 Å². The third-order valence-electron chi connectivity index (χ3n) is 3.07. The highest BCUT2D eigenvalue weighted by Crippen LogP contribution is 2.04. The highest BCUT2D eigenvalue weighted by Gasteiger charge is 2.20. The van der Waals surface area contributed by atoms with Gasteiger partial charge in [-0.15, -0.1) is 12.4 Å². The van der Waals surface area contributed by atoms with Crippen molar-refractivity contribution >= 4 is 30.3 Å². The van der Waals surface area contributed by atoms with Crippen molar-refractivity contribution in [3.8, 4) is 0 Å². The summed E-state index contributed by atoms with van der Waals surface area (Å²) in [6, 6.07) is 8.20. The minimum absolute atomic E-state index is 0. The number of carboxylic acid groups (broad SMARTS) is 1. The van der Waals surface area contributed by atoms with Crippen molar-refractivity contribution in [3.05, 3.63) is 35.9 Å². The maximum Gasteiger partial charge on any atom is 0.408 e. The zero-order valence-corrected chi connectivity index (χ0v) is 14.4. The fourth-order valence-electron chi connectivity index (χ4n) is 1.88. The van der Waals surface area contributed by atoms with Gasteiger partial charge in [-0.25, -0.2) is 9.59 Å². The van der Waals surface area contributed by atoms with Gasteiger partial charge < -0.3 is 20.9 Å². The number of unbranched alkanes of at least 4 members (excludes halogenated alkanes) is 1. The van der Waals surface area contributed by atoms with Crippen LogP contribution in [0, 0.1) is 0 Å². The molecule has 0 unspecified atom stereocenters. The van der Waals surface area contributed by atoms with Gasteiger partial charge in [0.15, 0.2) is 0 Å². The molecule has 8 heteroatoms. The van der Waals surface area contributed by atoms with Crippen molar-refractivity contribution in [2.24, 2.45) is 10.7 Å². The Morgan fingerprint density at radius 2 is 1.96 bits per heavy atom. The first-order valence-electron chi connectivity index (χ1n) is 7.45. The summed E-state index contributed by atoms with van der Waals surface area (Å²) in [5.74, 6) is -0.581. The molecule has 0 aliphatic heterocycles. The van der Waals surface area contributed by atoms with Crippen LogP contribution >= 0.6 is 12.4 Å². The fourth-order valence-corrected chi connectivity index (χ4v) is 1.88. The van der Waals surface area contributed by atoms with E-state index < -0.39 is 18.1 Å². The molecule has 7 nitrogen and oxygen atoms in total. The molecular formula is C16H24ClN3O4. The number of ether oxygens (including phenoxy) is 1. The molecule has 0 heterocycles. The van der Waals surface area contributed by atoms with E-state index in [1.165, 1.54) is 0 Å². The second kappa shape index (κ2) is 12.2. The van der Waals surface area contributed by atoms with E-state index in [0.29, 0.717) is 31.6 Å². The summed E-state index contributed by atoms with van der Waals surface area (Å²) in [7, 11) is 0. The van der Waals surface area contributed by atoms with Crippen molar-refractivity contribution in [1.82, 2.24) is 5.32 Å². The number of hydrogen-bond acceptors (Lipinski definition) is 4. The molecule has 24 heavy (non-hydrogen) atoms. The van der Waals surface area contributed by atoms with Crippen LogP contribution in [-0.2, 0) is 16.1 Å². The Bertz CT molecular complexity index is 533. The van der Waals surface area contributed by atoms with Crippen LogP contribution in [0.25, 0.3) is 0 Å². The van der Waals surface area contributed by atoms with Crippen molar-refractivity contribution in [3.63, 3.8) is 0 Å². The second-order valence-electron chi connectivity index (χ2n) is 5.12. The van der Waals surface area contributed by atoms with Crippen LogP contribution < -0.4 is 11.1 Å². The molecule has 134 valence electrons. The Kier molecular flexibility index (Phi) is 11.0. The molecule has 0 saturated carbocycles. The molecule has 1 rings (SSSR count). The van der Waals surface area contributed by atoms with Gasteiger partial charge in [0, 0.05) is 6.54 Å². The molecule has 0 bridgehead atoms. The van der Waals surface area contributed by atoms with E-state index >= 15 is 0 Å². The van der Waals surface area contributed by atoms with Crippen LogP contribution in [0.2, 0.25) is 0 Å². The van der Waals surface area contributed by atoms with Crippen molar-refractivity contribution < 1.29 is 19.4 Å². The topological polar surface area (TPSA) is 114 Å². The standard InChI is InChI=1S/C16H23N3O4.ClH/c1-12(17)18-10-6-5-9-14(15(20)21)19-16(22)23-11-13-7-3-2-4-8-13;/h2-4,7-8,14H,5-6,9-11H2,1H3,(H2,17,18)(H,19,22)(H,20,21);1H/t14-;/m0./s1. The third-order valence-corrected chi connectivity index (χ3v) is 3.07. The fraction of sp³-hybridized carbons (Fsp3) is 0.438. The number of carboxylic acids is 1. The number of aliphatic carboxylic acids is 1. The normalized spacial score (nSPS) is 12.0. The summed E-state index contributed by atoms with van der Waals surface area (Å²) in [5.41, 5.74) is 6.25. The number of nitrogens with two attached hydrogens (primary N) is 1. The zero-order valence-electron chi connectivity index (χ0n) is 13.6. The van der Waals surface area contributed by atoms with Crippen molar-refractivity contribution in [2.45, 2.75) is 38.8 Å². The zero-order chi connectivity index (χ0) is 17.1. The number of benzene rings is 1. The van der Waals surface area contributed by atoms with Crippen LogP contribution in [0.5, 0.6) is 0 Å². The lowest BCUT2D eigenvalue weighted by molar-refractivity contribution is -0.139. The lowest BCUT2D eigenvalue weighted by Crippen LogP contribution is -2.41. The maximum atomic E-state index is 11.7. The number of nitrogens with zero attached hydrogens (tertiary/aromatic N) is 1. The lowest BCUT2D eigenvalue weighted by atomic mass is 10.1. The first-order valence-corrected chi connectivity index (χ1v) is 7.45. The average molecular weight is 358 g/mol. The number of nitrogens with one attached hydrogen (secondary N) is 1. The van der Waals surface area contributed by atoms with Gasteiger partial charge in [-0.05, 0) is 31.7 Å². The number of rotatable bonds is 9. The largest absolute Gasteiger partial charge is 0.480 e. The summed E-state index contributed by atoms with van der Waals surface area (Å²) in [5, 5.41) is 11.5. The summed E-state index contributed by atoms with van der Waals surface area (Å²) in [6.45, 7) is 2.35. The molecule has 0 radical (unpaired) electrons. The van der Waals surface area contributed by atoms with E-state index in [1.54, 1.807) is 6.92 Å². The summed E-state index contributed by atoms with van der Waals surface area (Å²) < 4.78 is 5.02. The molecule has 4 N–H and O–H groups in total. The lowest BCUT2D eigenvalue weighted by Gasteiger charge is -2.14. The Hall–Kier alpha value is -2.28. The summed E-state index contributed by atoms with van der Waals surface area (Å²) >= 11 is 0. The van der Waals surface area contributed by atoms with Crippen LogP contribution in [0.1, 0.15) is 31.7 Å². The molecule has 1 aromatic carbocycles. The minimum atomic E-state index is -1.08. The van der Waals surface area contributed by atoms with Gasteiger partial charge in [0.05, 0.1) is 5.84 Å². The van der Waals surface area contributed by atoms with Crippen molar-refractivity contribution in [1.29, 1.82) is 0 Å². The Balaban J connectivity index is 0.00000529. The number of amidine groups is 1. The van der Waals surface area contributed by atoms with Crippen molar-refractivity contribution in [2.75, 3.05) is 6.54 Å². The number of halogens is 1. The highest BCUT2D eigenvalue weighted by molar-refractivity contribution is 5.85. The number of amides is 1. The van der Waals surface area contributed by atoms with Gasteiger partial charge in [0.1, 0.15) is 12.6 Å². The van der Waals surface area contributed by atoms with Gasteiger partial charge in [-0.2, -0.15) is 0 Å². The van der Waals surface area contributed by atoms with Gasteiger partial charge in [-0.1, -0.05) is 30.3 Å². The Labute approximate surface area is 147 Å². The van der Waals surface area contributed by atoms with Gasteiger partial charge >= 0.3 is 12.1 Å². The quantitative estimate of drug-likeness (QED) is 0.356. The van der Waals surface area contributed by atoms with Gasteiger partial charge in [-0.3, -0.25) is 4.99 Å². The van der Waals surface area contributed by atoms with Gasteiger partial charge in [0.25, 0.3) is 0 Å². The highest BCUT2D eigenvalue weighted by atomic mass is 35.5. The van der Waals surface area contributed by atoms with E-state index in [4.69, 9.17) is 15.6 Å². The number of aliphatic imine (C=N–C) groups is 1. The maximum absolute atomic E-state index is 11.7. The molecule has 0 aliphatic rings. The first-order chi connectivity index (χ1) is 11.0. The van der Waals surface area contributed by atoms with E-state index in [9.17, 15) is 9.59 Å². The molecule has 0 fully saturated rings. The molecular weight excluding hydrogens is 334 g/mol. The van der Waals surface area contributed by atoms with Crippen LogP contribution in [-0.4, -0.2) is 35.6 Å². The summed E-state index contributed by atoms with van der Waals surface area (Å²) in [6.07, 6.45) is 0.901. The summed E-state index contributed by atoms with van der Waals surface area (Å²) in [4.78, 5) is 26.9. The van der Waals surface area contributed by atoms with E-state index in [1.807, 2.05) is 30.3 Å². The van der Waals surface area contributed by atoms with Crippen LogP contribution in [0.3, 0.4) is 0 Å². The molecule has 0 spiro atoms. The SMILES string of the molecule is CC(N)=NCCCC[C@H](NC(=O)OCc1ccccc1)C(=O)O.Cl. The molecule has 1 aromatic rings. The predicted molar refractivity (Wildman–Crippen MR) is 94.4 cm³/mol. The van der Waals surface area contributed by atoms with Crippen LogP contribution in [0.4, 0.5) is 4.79 Å². The Morgan fingerprint density at radius 1 is 1.29 bits per heavy atom.